The van der Waals surface area contributed by atoms with Crippen molar-refractivity contribution in [2.24, 2.45) is 0 Å². The van der Waals surface area contributed by atoms with Gasteiger partial charge in [-0.25, -0.2) is 18.0 Å². The highest BCUT2D eigenvalue weighted by Crippen LogP contribution is 2.35. The lowest BCUT2D eigenvalue weighted by molar-refractivity contribution is 0.0513. The molecule has 0 atom stereocenters. The van der Waals surface area contributed by atoms with Gasteiger partial charge in [0.15, 0.2) is 0 Å². The van der Waals surface area contributed by atoms with Crippen molar-refractivity contribution >= 4 is 33.5 Å². The van der Waals surface area contributed by atoms with Crippen LogP contribution < -0.4 is 9.62 Å². The van der Waals surface area contributed by atoms with Gasteiger partial charge in [0, 0.05) is 24.8 Å². The molecule has 0 spiro atoms. The van der Waals surface area contributed by atoms with Crippen LogP contribution in [-0.2, 0) is 25.9 Å². The van der Waals surface area contributed by atoms with Gasteiger partial charge in [-0.2, -0.15) is 9.78 Å². The maximum absolute atomic E-state index is 13.8. The van der Waals surface area contributed by atoms with E-state index in [-0.39, 0.29) is 10.5 Å². The molecule has 2 aromatic carbocycles. The summed E-state index contributed by atoms with van der Waals surface area (Å²) in [5.74, 6) is -0.614. The Labute approximate surface area is 235 Å². The topological polar surface area (TPSA) is 120 Å². The van der Waals surface area contributed by atoms with Gasteiger partial charge in [0.25, 0.3) is 10.0 Å². The number of carbonyl (C=O) groups is 2. The molecule has 2 heterocycles. The van der Waals surface area contributed by atoms with Crippen molar-refractivity contribution < 1.29 is 27.5 Å². The maximum atomic E-state index is 13.8. The molecule has 0 amide bonds. The van der Waals surface area contributed by atoms with E-state index in [4.69, 9.17) is 9.47 Å². The van der Waals surface area contributed by atoms with Crippen molar-refractivity contribution in [2.75, 3.05) is 29.8 Å². The number of methoxy groups -OCH3 is 1. The number of ether oxygens (including phenoxy) is 2. The molecule has 1 N–H and O–H groups in total. The largest absolute Gasteiger partial charge is 0.465 e. The minimum atomic E-state index is -4.09. The number of carbonyl (C=O) groups excluding carboxylic acids is 2. The number of rotatable bonds is 7. The van der Waals surface area contributed by atoms with Crippen LogP contribution in [0.2, 0.25) is 0 Å². The van der Waals surface area contributed by atoms with Gasteiger partial charge >= 0.3 is 12.1 Å². The molecular formula is C29H36N4O6S. The first kappa shape index (κ1) is 29.1. The van der Waals surface area contributed by atoms with Crippen LogP contribution in [0.1, 0.15) is 62.9 Å². The molecule has 1 fully saturated rings. The molecule has 10 nitrogen and oxygen atoms in total. The van der Waals surface area contributed by atoms with Gasteiger partial charge in [0.1, 0.15) is 5.60 Å². The van der Waals surface area contributed by atoms with Crippen LogP contribution in [0.5, 0.6) is 0 Å². The number of piperidine rings is 1. The van der Waals surface area contributed by atoms with Crippen molar-refractivity contribution in [1.29, 1.82) is 0 Å². The Bertz CT molecular complexity index is 1500. The maximum Gasteiger partial charge on any atom is 0.435 e. The zero-order valence-corrected chi connectivity index (χ0v) is 24.4. The molecule has 1 aliphatic rings. The lowest BCUT2D eigenvalue weighted by atomic mass is 10.1. The SMILES string of the molecule is CCc1ccc(C(=O)OC)cc1S(=O)(=O)Nc1cc(-c2cnn(C(=O)OC(C)(C)C)c2)ccc1N1CCCCC1. The van der Waals surface area contributed by atoms with Crippen LogP contribution in [0.25, 0.3) is 11.1 Å². The number of hydrogen-bond donors (Lipinski definition) is 1. The molecule has 1 aromatic heterocycles. The predicted molar refractivity (Wildman–Crippen MR) is 153 cm³/mol. The number of aryl methyl sites for hydroxylation is 1. The molecule has 1 saturated heterocycles. The molecule has 214 valence electrons. The second kappa shape index (κ2) is 11.7. The highest BCUT2D eigenvalue weighted by atomic mass is 32.2. The Kier molecular flexibility index (Phi) is 8.53. The number of nitrogens with zero attached hydrogens (tertiary/aromatic N) is 3. The van der Waals surface area contributed by atoms with E-state index >= 15 is 0 Å². The average molecular weight is 569 g/mol. The van der Waals surface area contributed by atoms with E-state index in [1.54, 1.807) is 45.2 Å². The summed E-state index contributed by atoms with van der Waals surface area (Å²) in [4.78, 5) is 26.8. The van der Waals surface area contributed by atoms with E-state index in [0.717, 1.165) is 42.7 Å². The zero-order valence-electron chi connectivity index (χ0n) is 23.6. The summed E-state index contributed by atoms with van der Waals surface area (Å²) in [7, 11) is -2.83. The van der Waals surface area contributed by atoms with E-state index in [9.17, 15) is 18.0 Å². The van der Waals surface area contributed by atoms with Gasteiger partial charge in [-0.3, -0.25) is 4.72 Å². The number of aromatic nitrogens is 2. The predicted octanol–water partition coefficient (Wildman–Crippen LogP) is 5.47. The number of nitrogens with one attached hydrogen (secondary N) is 1. The number of sulfonamides is 1. The summed E-state index contributed by atoms with van der Waals surface area (Å²) in [6.45, 7) is 8.80. The third-order valence-corrected chi connectivity index (χ3v) is 8.04. The van der Waals surface area contributed by atoms with Crippen molar-refractivity contribution in [3.8, 4) is 11.1 Å². The minimum Gasteiger partial charge on any atom is -0.465 e. The van der Waals surface area contributed by atoms with E-state index in [1.165, 1.54) is 19.4 Å². The standard InChI is InChI=1S/C29H36N4O6S/c1-6-20-10-11-22(27(34)38-5)17-26(20)40(36,37)31-24-16-21(12-13-25(24)32-14-8-7-9-15-32)23-18-30-33(19-23)28(35)39-29(2,3)4/h10-13,16-19,31H,6-9,14-15H2,1-5H3. The van der Waals surface area contributed by atoms with E-state index in [2.05, 4.69) is 14.7 Å². The Morgan fingerprint density at radius 2 is 1.75 bits per heavy atom. The molecule has 4 rings (SSSR count). The molecule has 0 radical (unpaired) electrons. The molecular weight excluding hydrogens is 532 g/mol. The molecule has 3 aromatic rings. The average Bonchev–Trinajstić information content (AvgIpc) is 3.42. The summed E-state index contributed by atoms with van der Waals surface area (Å²) < 4.78 is 41.7. The Balaban J connectivity index is 1.75. The highest BCUT2D eigenvalue weighted by molar-refractivity contribution is 7.92. The first-order chi connectivity index (χ1) is 18.9. The Morgan fingerprint density at radius 3 is 2.40 bits per heavy atom. The first-order valence-corrected chi connectivity index (χ1v) is 14.8. The molecule has 11 heteroatoms. The van der Waals surface area contributed by atoms with Crippen LogP contribution in [0.15, 0.2) is 53.7 Å². The summed E-state index contributed by atoms with van der Waals surface area (Å²) in [5.41, 5.74) is 2.51. The van der Waals surface area contributed by atoms with Gasteiger partial charge in [0.2, 0.25) is 0 Å². The lowest BCUT2D eigenvalue weighted by Gasteiger charge is -2.31. The molecule has 1 aliphatic heterocycles. The van der Waals surface area contributed by atoms with Crippen molar-refractivity contribution in [3.05, 3.63) is 59.9 Å². The van der Waals surface area contributed by atoms with Gasteiger partial charge in [0.05, 0.1) is 35.1 Å². The van der Waals surface area contributed by atoms with Gasteiger partial charge < -0.3 is 14.4 Å². The summed E-state index contributed by atoms with van der Waals surface area (Å²) in [5, 5.41) is 4.15. The Hall–Kier alpha value is -3.86. The normalized spacial score (nSPS) is 14.1. The fraction of sp³-hybridized carbons (Fsp3) is 0.414. The van der Waals surface area contributed by atoms with Crippen LogP contribution in [0.3, 0.4) is 0 Å². The molecule has 0 saturated carbocycles. The van der Waals surface area contributed by atoms with Crippen molar-refractivity contribution in [2.45, 2.75) is 63.9 Å². The van der Waals surface area contributed by atoms with E-state index in [1.807, 2.05) is 19.1 Å². The lowest BCUT2D eigenvalue weighted by Crippen LogP contribution is -2.30. The van der Waals surface area contributed by atoms with E-state index < -0.39 is 27.7 Å². The summed E-state index contributed by atoms with van der Waals surface area (Å²) in [6.07, 6.45) is 6.09. The zero-order chi connectivity index (χ0) is 29.1. The third-order valence-electron chi connectivity index (χ3n) is 6.59. The van der Waals surface area contributed by atoms with Gasteiger partial charge in [-0.1, -0.05) is 19.1 Å². The fourth-order valence-electron chi connectivity index (χ4n) is 4.63. The first-order valence-electron chi connectivity index (χ1n) is 13.3. The summed E-state index contributed by atoms with van der Waals surface area (Å²) >= 11 is 0. The number of hydrogen-bond acceptors (Lipinski definition) is 8. The summed E-state index contributed by atoms with van der Waals surface area (Å²) in [6, 6.07) is 10.1. The molecule has 0 aliphatic carbocycles. The van der Waals surface area contributed by atoms with Gasteiger partial charge in [-0.15, -0.1) is 0 Å². The number of esters is 1. The number of anilines is 2. The monoisotopic (exact) mass is 568 g/mol. The highest BCUT2D eigenvalue weighted by Gasteiger charge is 2.25. The number of benzene rings is 2. The fourth-order valence-corrected chi connectivity index (χ4v) is 6.03. The third kappa shape index (κ3) is 6.64. The van der Waals surface area contributed by atoms with Crippen LogP contribution in [-0.4, -0.2) is 56.1 Å². The second-order valence-corrected chi connectivity index (χ2v) is 12.4. The van der Waals surface area contributed by atoms with E-state index in [0.29, 0.717) is 28.8 Å². The van der Waals surface area contributed by atoms with Crippen molar-refractivity contribution in [1.82, 2.24) is 9.78 Å². The molecule has 40 heavy (non-hydrogen) atoms. The van der Waals surface area contributed by atoms with Gasteiger partial charge in [-0.05, 0) is 81.8 Å². The second-order valence-electron chi connectivity index (χ2n) is 10.7. The van der Waals surface area contributed by atoms with Crippen LogP contribution in [0, 0.1) is 0 Å². The molecule has 0 bridgehead atoms. The minimum absolute atomic E-state index is 0.0191. The Morgan fingerprint density at radius 1 is 1.02 bits per heavy atom. The van der Waals surface area contributed by atoms with Crippen LogP contribution >= 0.6 is 0 Å². The molecule has 0 unspecified atom stereocenters. The smallest absolute Gasteiger partial charge is 0.435 e. The van der Waals surface area contributed by atoms with Crippen molar-refractivity contribution in [3.63, 3.8) is 0 Å². The van der Waals surface area contributed by atoms with Crippen LogP contribution in [0.4, 0.5) is 16.2 Å². The quantitative estimate of drug-likeness (QED) is 0.373.